The molecule has 0 radical (unpaired) electrons. The number of benzene rings is 1. The van der Waals surface area contributed by atoms with Crippen LogP contribution >= 0.6 is 34.4 Å². The molecule has 2 aliphatic heterocycles. The van der Waals surface area contributed by atoms with E-state index in [2.05, 4.69) is 8.75 Å². The Morgan fingerprint density at radius 2 is 1.14 bits per heavy atom. The zero-order chi connectivity index (χ0) is 19.5. The van der Waals surface area contributed by atoms with Gasteiger partial charge in [0, 0.05) is 21.9 Å². The Hall–Kier alpha value is -2.76. The summed E-state index contributed by atoms with van der Waals surface area (Å²) in [5.74, 6) is 2.79. The van der Waals surface area contributed by atoms with E-state index in [0.29, 0.717) is 71.8 Å². The predicted octanol–water partition coefficient (Wildman–Crippen LogP) is 3.86. The zero-order valence-electron chi connectivity index (χ0n) is 14.9. The summed E-state index contributed by atoms with van der Waals surface area (Å²) >= 11 is 4.11. The summed E-state index contributed by atoms with van der Waals surface area (Å²) in [6.07, 6.45) is 0. The molecular weight excluding hydrogens is 432 g/mol. The molecule has 1 aromatic carbocycles. The molecule has 5 heterocycles. The number of hydrogen-bond acceptors (Lipinski definition) is 11. The van der Waals surface area contributed by atoms with Gasteiger partial charge < -0.3 is 30.4 Å². The van der Waals surface area contributed by atoms with Crippen LogP contribution in [0.15, 0.2) is 10.8 Å². The van der Waals surface area contributed by atoms with Crippen molar-refractivity contribution < 1.29 is 18.9 Å². The number of fused-ring (bicyclic) bond motifs is 3. The molecule has 0 saturated carbocycles. The van der Waals surface area contributed by atoms with Crippen LogP contribution in [0.3, 0.4) is 0 Å². The maximum Gasteiger partial charge on any atom is 0.180 e. The van der Waals surface area contributed by atoms with Crippen LogP contribution in [-0.4, -0.2) is 35.2 Å². The summed E-state index contributed by atoms with van der Waals surface area (Å²) in [7, 11) is 0. The molecule has 0 amide bonds. The van der Waals surface area contributed by atoms with Crippen LogP contribution in [0.4, 0.5) is 11.4 Å². The maximum absolute atomic E-state index is 6.57. The smallest absolute Gasteiger partial charge is 0.180 e. The van der Waals surface area contributed by atoms with E-state index in [1.54, 1.807) is 0 Å². The average Bonchev–Trinajstić information content (AvgIpc) is 3.48. The number of anilines is 2. The maximum atomic E-state index is 6.57. The molecule has 0 saturated heterocycles. The molecule has 0 aliphatic carbocycles. The minimum atomic E-state index is 0.443. The molecular formula is C18H14N4O4S3. The Kier molecular flexibility index (Phi) is 3.76. The van der Waals surface area contributed by atoms with Gasteiger partial charge in [-0.15, -0.1) is 22.7 Å². The first-order valence-corrected chi connectivity index (χ1v) is 11.3. The largest absolute Gasteiger partial charge is 0.485 e. The van der Waals surface area contributed by atoms with E-state index in [9.17, 15) is 0 Å². The second-order valence-electron chi connectivity index (χ2n) is 6.45. The molecule has 4 aromatic rings. The van der Waals surface area contributed by atoms with E-state index < -0.39 is 0 Å². The summed E-state index contributed by atoms with van der Waals surface area (Å²) in [4.78, 5) is 1.70. The van der Waals surface area contributed by atoms with Gasteiger partial charge in [0.05, 0.1) is 32.9 Å². The Bertz CT molecular complexity index is 1170. The van der Waals surface area contributed by atoms with E-state index in [1.807, 2.05) is 10.8 Å². The van der Waals surface area contributed by atoms with Crippen molar-refractivity contribution in [1.82, 2.24) is 8.75 Å². The van der Waals surface area contributed by atoms with E-state index in [-0.39, 0.29) is 0 Å². The highest BCUT2D eigenvalue weighted by atomic mass is 32.1. The summed E-state index contributed by atoms with van der Waals surface area (Å²) in [5.41, 5.74) is 16.9. The molecule has 3 aromatic heterocycles. The number of rotatable bonds is 2. The molecule has 0 fully saturated rings. The molecule has 2 aliphatic rings. The third-order valence-electron chi connectivity index (χ3n) is 4.85. The van der Waals surface area contributed by atoms with Crippen LogP contribution in [0.25, 0.3) is 31.9 Å². The van der Waals surface area contributed by atoms with Gasteiger partial charge >= 0.3 is 0 Å². The fourth-order valence-corrected chi connectivity index (χ4v) is 6.11. The molecule has 6 rings (SSSR count). The van der Waals surface area contributed by atoms with Gasteiger partial charge in [-0.25, -0.2) is 0 Å². The van der Waals surface area contributed by atoms with Crippen LogP contribution < -0.4 is 30.4 Å². The highest BCUT2D eigenvalue weighted by Gasteiger charge is 2.30. The van der Waals surface area contributed by atoms with Crippen molar-refractivity contribution in [3.05, 3.63) is 10.8 Å². The molecule has 8 nitrogen and oxygen atoms in total. The van der Waals surface area contributed by atoms with Crippen molar-refractivity contribution in [2.75, 3.05) is 37.9 Å². The summed E-state index contributed by atoms with van der Waals surface area (Å²) < 4.78 is 32.2. The lowest BCUT2D eigenvalue weighted by Crippen LogP contribution is -2.14. The van der Waals surface area contributed by atoms with Gasteiger partial charge in [0.25, 0.3) is 0 Å². The summed E-state index contributed by atoms with van der Waals surface area (Å²) in [6.45, 7) is 2.03. The van der Waals surface area contributed by atoms with E-state index in [4.69, 9.17) is 30.4 Å². The van der Waals surface area contributed by atoms with Crippen molar-refractivity contribution in [3.63, 3.8) is 0 Å². The third kappa shape index (κ3) is 2.41. The quantitative estimate of drug-likeness (QED) is 0.446. The number of ether oxygens (including phenoxy) is 4. The second-order valence-corrected chi connectivity index (χ2v) is 8.74. The minimum absolute atomic E-state index is 0.443. The fraction of sp³-hybridized carbons (Fsp3) is 0.222. The Balaban J connectivity index is 1.63. The number of nitrogen functional groups attached to an aromatic ring is 2. The van der Waals surface area contributed by atoms with Crippen LogP contribution in [0.5, 0.6) is 23.0 Å². The lowest BCUT2D eigenvalue weighted by molar-refractivity contribution is 0.174. The number of hydrogen-bond donors (Lipinski definition) is 2. The summed E-state index contributed by atoms with van der Waals surface area (Å²) in [5, 5.41) is 3.83. The van der Waals surface area contributed by atoms with Crippen molar-refractivity contribution in [1.29, 1.82) is 0 Å². The van der Waals surface area contributed by atoms with Gasteiger partial charge in [0.1, 0.15) is 37.5 Å². The van der Waals surface area contributed by atoms with Gasteiger partial charge in [-0.05, 0) is 0 Å². The van der Waals surface area contributed by atoms with Crippen LogP contribution in [0, 0.1) is 0 Å². The minimum Gasteiger partial charge on any atom is -0.485 e. The first kappa shape index (κ1) is 17.1. The molecule has 0 atom stereocenters. The van der Waals surface area contributed by atoms with Gasteiger partial charge in [0.15, 0.2) is 23.0 Å². The molecule has 0 bridgehead atoms. The predicted molar refractivity (Wildman–Crippen MR) is 115 cm³/mol. The average molecular weight is 447 g/mol. The van der Waals surface area contributed by atoms with Crippen molar-refractivity contribution >= 4 is 56.8 Å². The zero-order valence-corrected chi connectivity index (χ0v) is 17.3. The Morgan fingerprint density at radius 3 is 1.62 bits per heavy atom. The molecule has 29 heavy (non-hydrogen) atoms. The number of aromatic nitrogens is 2. The lowest BCUT2D eigenvalue weighted by Gasteiger charge is -2.19. The fourth-order valence-electron chi connectivity index (χ4n) is 3.57. The van der Waals surface area contributed by atoms with Gasteiger partial charge in [-0.2, -0.15) is 8.75 Å². The molecule has 4 N–H and O–H groups in total. The molecule has 11 heteroatoms. The van der Waals surface area contributed by atoms with Crippen molar-refractivity contribution in [2.45, 2.75) is 0 Å². The number of nitrogens with two attached hydrogens (primary N) is 2. The lowest BCUT2D eigenvalue weighted by atomic mass is 10.00. The first-order valence-electron chi connectivity index (χ1n) is 8.82. The van der Waals surface area contributed by atoms with Gasteiger partial charge in [-0.1, -0.05) is 0 Å². The van der Waals surface area contributed by atoms with Gasteiger partial charge in [0.2, 0.25) is 0 Å². The summed E-state index contributed by atoms with van der Waals surface area (Å²) in [6, 6.07) is 0. The van der Waals surface area contributed by atoms with Crippen LogP contribution in [0.2, 0.25) is 0 Å². The second kappa shape index (κ2) is 6.37. The Morgan fingerprint density at radius 1 is 0.690 bits per heavy atom. The van der Waals surface area contributed by atoms with E-state index in [1.165, 1.54) is 22.7 Å². The number of nitrogens with zero attached hydrogens (tertiary/aromatic N) is 2. The van der Waals surface area contributed by atoms with Crippen LogP contribution in [-0.2, 0) is 0 Å². The van der Waals surface area contributed by atoms with Crippen molar-refractivity contribution in [2.24, 2.45) is 0 Å². The highest BCUT2D eigenvalue weighted by molar-refractivity contribution is 7.15. The topological polar surface area (TPSA) is 115 Å². The molecule has 0 spiro atoms. The third-order valence-corrected chi connectivity index (χ3v) is 7.29. The number of thiophene rings is 2. The van der Waals surface area contributed by atoms with Crippen molar-refractivity contribution in [3.8, 4) is 43.9 Å². The first-order chi connectivity index (χ1) is 14.2. The van der Waals surface area contributed by atoms with Crippen LogP contribution in [0.1, 0.15) is 0 Å². The Labute approximate surface area is 176 Å². The standard InChI is InChI=1S/C18H14N4O4S3/c19-11-9(17-15-7(5-27-17)23-1-3-25-15)13-14(22-29-21-13)10(12(11)20)18-16-8(6-28-18)24-2-4-26-16/h5-6H,1-4,19-20H2. The van der Waals surface area contributed by atoms with E-state index in [0.717, 1.165) is 32.6 Å². The van der Waals surface area contributed by atoms with E-state index >= 15 is 0 Å². The highest BCUT2D eigenvalue weighted by Crippen LogP contribution is 2.55. The molecule has 148 valence electrons. The molecule has 0 unspecified atom stereocenters. The SMILES string of the molecule is Nc1c(N)c(-c2scc3c2OCCO3)c2nsnc2c1-c1scc2c1OCCO2. The monoisotopic (exact) mass is 446 g/mol. The normalized spacial score (nSPS) is 15.0. The van der Waals surface area contributed by atoms with Gasteiger partial charge in [-0.3, -0.25) is 0 Å².